The van der Waals surface area contributed by atoms with Gasteiger partial charge in [-0.25, -0.2) is 8.42 Å². The molecule has 0 aliphatic carbocycles. The maximum Gasteiger partial charge on any atom is 0.149 e. The molecule has 1 aromatic rings. The molecule has 0 spiro atoms. The van der Waals surface area contributed by atoms with Gasteiger partial charge in [0.2, 0.25) is 0 Å². The molecule has 4 nitrogen and oxygen atoms in total. The molecular formula is C12H16N2O2S. The van der Waals surface area contributed by atoms with Crippen LogP contribution in [0.5, 0.6) is 0 Å². The largest absolute Gasteiger partial charge is 0.373 e. The molecule has 0 fully saturated rings. The highest BCUT2D eigenvalue weighted by molar-refractivity contribution is 7.90. The fourth-order valence-electron chi connectivity index (χ4n) is 1.50. The maximum absolute atomic E-state index is 11.1. The van der Waals surface area contributed by atoms with Crippen molar-refractivity contribution in [2.75, 3.05) is 30.5 Å². The molecule has 0 saturated heterocycles. The van der Waals surface area contributed by atoms with Gasteiger partial charge in [0, 0.05) is 19.8 Å². The van der Waals surface area contributed by atoms with Crippen molar-refractivity contribution in [2.45, 2.75) is 6.92 Å². The molecule has 1 rings (SSSR count). The molecule has 0 atom stereocenters. The van der Waals surface area contributed by atoms with E-state index in [1.54, 1.807) is 18.0 Å². The number of nitriles is 1. The molecule has 0 N–H and O–H groups in total. The van der Waals surface area contributed by atoms with Crippen LogP contribution in [0.4, 0.5) is 5.69 Å². The van der Waals surface area contributed by atoms with Gasteiger partial charge in [-0.1, -0.05) is 6.07 Å². The molecule has 0 saturated carbocycles. The van der Waals surface area contributed by atoms with Crippen LogP contribution in [0.1, 0.15) is 11.1 Å². The topological polar surface area (TPSA) is 61.2 Å². The molecular weight excluding hydrogens is 236 g/mol. The number of sulfone groups is 1. The van der Waals surface area contributed by atoms with Crippen molar-refractivity contribution in [3.8, 4) is 6.07 Å². The van der Waals surface area contributed by atoms with Gasteiger partial charge in [0.25, 0.3) is 0 Å². The highest BCUT2D eigenvalue weighted by Gasteiger charge is 2.10. The number of anilines is 1. The Labute approximate surface area is 102 Å². The first-order valence-corrected chi connectivity index (χ1v) is 7.29. The monoisotopic (exact) mass is 252 g/mol. The van der Waals surface area contributed by atoms with E-state index in [0.717, 1.165) is 11.3 Å². The lowest BCUT2D eigenvalue weighted by atomic mass is 10.1. The summed E-state index contributed by atoms with van der Waals surface area (Å²) in [5, 5.41) is 9.02. The van der Waals surface area contributed by atoms with E-state index in [4.69, 9.17) is 5.26 Å². The first-order valence-electron chi connectivity index (χ1n) is 5.23. The van der Waals surface area contributed by atoms with E-state index in [0.29, 0.717) is 12.1 Å². The van der Waals surface area contributed by atoms with E-state index < -0.39 is 9.84 Å². The van der Waals surface area contributed by atoms with Crippen molar-refractivity contribution in [3.05, 3.63) is 29.3 Å². The number of nitrogens with zero attached hydrogens (tertiary/aromatic N) is 2. The van der Waals surface area contributed by atoms with Crippen LogP contribution in [0.3, 0.4) is 0 Å². The Morgan fingerprint density at radius 2 is 2.06 bits per heavy atom. The zero-order valence-electron chi connectivity index (χ0n) is 10.3. The molecule has 5 heteroatoms. The van der Waals surface area contributed by atoms with Gasteiger partial charge in [-0.15, -0.1) is 0 Å². The summed E-state index contributed by atoms with van der Waals surface area (Å²) < 4.78 is 22.2. The highest BCUT2D eigenvalue weighted by Crippen LogP contribution is 2.19. The Hall–Kier alpha value is -1.54. The standard InChI is InChI=1S/C12H16N2O2S/c1-10-4-5-12(11(8-10)9-13)14(2)6-7-17(3,15)16/h4-5,8H,6-7H2,1-3H3. The highest BCUT2D eigenvalue weighted by atomic mass is 32.2. The maximum atomic E-state index is 11.1. The molecule has 0 aromatic heterocycles. The van der Waals surface area contributed by atoms with Crippen molar-refractivity contribution in [1.29, 1.82) is 5.26 Å². The van der Waals surface area contributed by atoms with E-state index in [9.17, 15) is 8.42 Å². The number of benzene rings is 1. The molecule has 0 bridgehead atoms. The minimum absolute atomic E-state index is 0.0856. The van der Waals surface area contributed by atoms with E-state index in [2.05, 4.69) is 6.07 Å². The van der Waals surface area contributed by atoms with Gasteiger partial charge in [-0.2, -0.15) is 5.26 Å². The molecule has 0 heterocycles. The number of hydrogen-bond donors (Lipinski definition) is 0. The van der Waals surface area contributed by atoms with Crippen LogP contribution in [0.2, 0.25) is 0 Å². The van der Waals surface area contributed by atoms with Gasteiger partial charge in [0.05, 0.1) is 17.0 Å². The van der Waals surface area contributed by atoms with Gasteiger partial charge >= 0.3 is 0 Å². The number of rotatable bonds is 4. The van der Waals surface area contributed by atoms with Crippen LogP contribution >= 0.6 is 0 Å². The predicted molar refractivity (Wildman–Crippen MR) is 68.9 cm³/mol. The summed E-state index contributed by atoms with van der Waals surface area (Å²) in [6.45, 7) is 2.30. The van der Waals surface area contributed by atoms with Crippen molar-refractivity contribution in [3.63, 3.8) is 0 Å². The molecule has 0 unspecified atom stereocenters. The minimum atomic E-state index is -2.98. The Balaban J connectivity index is 2.90. The zero-order chi connectivity index (χ0) is 13.1. The average molecular weight is 252 g/mol. The first-order chi connectivity index (χ1) is 7.83. The Morgan fingerprint density at radius 3 is 2.59 bits per heavy atom. The quantitative estimate of drug-likeness (QED) is 0.811. The average Bonchev–Trinajstić information content (AvgIpc) is 2.24. The van der Waals surface area contributed by atoms with Crippen LogP contribution in [-0.2, 0) is 9.84 Å². The van der Waals surface area contributed by atoms with Crippen LogP contribution in [0.15, 0.2) is 18.2 Å². The Kier molecular flexibility index (Phi) is 4.13. The SMILES string of the molecule is Cc1ccc(N(C)CCS(C)(=O)=O)c(C#N)c1. The predicted octanol–water partition coefficient (Wildman–Crippen LogP) is 1.35. The third kappa shape index (κ3) is 4.08. The van der Waals surface area contributed by atoms with Gasteiger partial charge in [0.15, 0.2) is 0 Å². The van der Waals surface area contributed by atoms with E-state index >= 15 is 0 Å². The molecule has 0 amide bonds. The lowest BCUT2D eigenvalue weighted by Crippen LogP contribution is -2.25. The number of hydrogen-bond acceptors (Lipinski definition) is 4. The minimum Gasteiger partial charge on any atom is -0.373 e. The van der Waals surface area contributed by atoms with Crippen molar-refractivity contribution < 1.29 is 8.42 Å². The lowest BCUT2D eigenvalue weighted by molar-refractivity contribution is 0.601. The second-order valence-corrected chi connectivity index (χ2v) is 6.44. The fourth-order valence-corrected chi connectivity index (χ4v) is 2.10. The van der Waals surface area contributed by atoms with E-state index in [-0.39, 0.29) is 5.75 Å². The summed E-state index contributed by atoms with van der Waals surface area (Å²) in [6, 6.07) is 7.67. The molecule has 0 aliphatic rings. The van der Waals surface area contributed by atoms with Crippen molar-refractivity contribution >= 4 is 15.5 Å². The smallest absolute Gasteiger partial charge is 0.149 e. The molecule has 0 radical (unpaired) electrons. The molecule has 17 heavy (non-hydrogen) atoms. The third-order valence-electron chi connectivity index (χ3n) is 2.48. The fraction of sp³-hybridized carbons (Fsp3) is 0.417. The molecule has 0 aliphatic heterocycles. The summed E-state index contributed by atoms with van der Waals surface area (Å²) in [4.78, 5) is 1.79. The van der Waals surface area contributed by atoms with Gasteiger partial charge in [0.1, 0.15) is 15.9 Å². The van der Waals surface area contributed by atoms with Gasteiger partial charge < -0.3 is 4.90 Å². The normalized spacial score (nSPS) is 10.9. The third-order valence-corrected chi connectivity index (χ3v) is 3.41. The van der Waals surface area contributed by atoms with Crippen molar-refractivity contribution in [1.82, 2.24) is 0 Å². The van der Waals surface area contributed by atoms with Crippen LogP contribution in [0, 0.1) is 18.3 Å². The zero-order valence-corrected chi connectivity index (χ0v) is 11.1. The summed E-state index contributed by atoms with van der Waals surface area (Å²) in [5.41, 5.74) is 2.35. The van der Waals surface area contributed by atoms with Crippen LogP contribution in [0.25, 0.3) is 0 Å². The van der Waals surface area contributed by atoms with Crippen LogP contribution < -0.4 is 4.90 Å². The Bertz CT molecular complexity index is 544. The summed E-state index contributed by atoms with van der Waals surface area (Å²) in [6.07, 6.45) is 1.21. The van der Waals surface area contributed by atoms with E-state index in [1.165, 1.54) is 6.26 Å². The van der Waals surface area contributed by atoms with Gasteiger partial charge in [-0.05, 0) is 24.6 Å². The first kappa shape index (κ1) is 13.5. The summed E-state index contributed by atoms with van der Waals surface area (Å²) >= 11 is 0. The second-order valence-electron chi connectivity index (χ2n) is 4.18. The Morgan fingerprint density at radius 1 is 1.41 bits per heavy atom. The summed E-state index contributed by atoms with van der Waals surface area (Å²) in [7, 11) is -1.19. The molecule has 1 aromatic carbocycles. The van der Waals surface area contributed by atoms with Gasteiger partial charge in [-0.3, -0.25) is 0 Å². The van der Waals surface area contributed by atoms with Crippen molar-refractivity contribution in [2.24, 2.45) is 0 Å². The summed E-state index contributed by atoms with van der Waals surface area (Å²) in [5.74, 6) is 0.0856. The van der Waals surface area contributed by atoms with Crippen LogP contribution in [-0.4, -0.2) is 34.0 Å². The lowest BCUT2D eigenvalue weighted by Gasteiger charge is -2.20. The van der Waals surface area contributed by atoms with E-state index in [1.807, 2.05) is 19.1 Å². The second kappa shape index (κ2) is 5.19. The number of aryl methyl sites for hydroxylation is 1. The molecule has 92 valence electrons.